The Kier molecular flexibility index (Phi) is 3.38. The first-order chi connectivity index (χ1) is 8.38. The van der Waals surface area contributed by atoms with Gasteiger partial charge in [-0.05, 0) is 37.6 Å². The monoisotopic (exact) mass is 259 g/mol. The molecule has 1 aliphatic heterocycles. The lowest BCUT2D eigenvalue weighted by atomic mass is 9.82. The minimum absolute atomic E-state index is 0.0565. The molecule has 1 saturated heterocycles. The van der Waals surface area contributed by atoms with Crippen molar-refractivity contribution < 1.29 is 17.9 Å². The van der Waals surface area contributed by atoms with E-state index in [1.165, 1.54) is 6.07 Å². The summed E-state index contributed by atoms with van der Waals surface area (Å²) in [6, 6.07) is 5.31. The van der Waals surface area contributed by atoms with Crippen LogP contribution in [0.25, 0.3) is 0 Å². The maximum atomic E-state index is 12.7. The van der Waals surface area contributed by atoms with Crippen LogP contribution in [0.1, 0.15) is 24.5 Å². The normalized spacial score (nSPS) is 28.6. The molecule has 18 heavy (non-hydrogen) atoms. The van der Waals surface area contributed by atoms with E-state index in [2.05, 4.69) is 0 Å². The summed E-state index contributed by atoms with van der Waals surface area (Å²) in [7, 11) is 0. The lowest BCUT2D eigenvalue weighted by Crippen LogP contribution is -2.33. The molecule has 0 aliphatic carbocycles. The van der Waals surface area contributed by atoms with E-state index >= 15 is 0 Å². The second-order valence-electron chi connectivity index (χ2n) is 4.76. The lowest BCUT2D eigenvalue weighted by Gasteiger charge is -2.30. The van der Waals surface area contributed by atoms with Crippen LogP contribution >= 0.6 is 0 Å². The molecule has 2 N–H and O–H groups in total. The molecule has 0 saturated carbocycles. The molecule has 100 valence electrons. The predicted molar refractivity (Wildman–Crippen MR) is 61.9 cm³/mol. The van der Waals surface area contributed by atoms with E-state index in [0.717, 1.165) is 18.6 Å². The number of rotatable bonds is 2. The van der Waals surface area contributed by atoms with Crippen LogP contribution in [0, 0.1) is 5.92 Å². The van der Waals surface area contributed by atoms with Crippen molar-refractivity contribution in [3.63, 3.8) is 0 Å². The summed E-state index contributed by atoms with van der Waals surface area (Å²) in [6.45, 7) is 2.76. The standard InChI is InChI=1S/C13H16F3NO/c1-12(11(8-17)5-6-18-12)9-3-2-4-10(7-9)13(14,15)16/h2-4,7,11H,5-6,8,17H2,1H3. The molecule has 0 spiro atoms. The molecular weight excluding hydrogens is 243 g/mol. The van der Waals surface area contributed by atoms with Crippen molar-refractivity contribution in [2.75, 3.05) is 13.2 Å². The van der Waals surface area contributed by atoms with Crippen LogP contribution in [-0.4, -0.2) is 13.2 Å². The molecule has 1 heterocycles. The Balaban J connectivity index is 2.39. The number of ether oxygens (including phenoxy) is 1. The SMILES string of the molecule is CC1(c2cccc(C(F)(F)F)c2)OCCC1CN. The number of benzene rings is 1. The van der Waals surface area contributed by atoms with Crippen molar-refractivity contribution in [3.8, 4) is 0 Å². The Bertz CT molecular complexity index is 432. The Morgan fingerprint density at radius 2 is 2.17 bits per heavy atom. The topological polar surface area (TPSA) is 35.2 Å². The van der Waals surface area contributed by atoms with Crippen LogP contribution < -0.4 is 5.73 Å². The highest BCUT2D eigenvalue weighted by Crippen LogP contribution is 2.41. The third-order valence-electron chi connectivity index (χ3n) is 3.69. The summed E-state index contributed by atoms with van der Waals surface area (Å²) < 4.78 is 43.7. The van der Waals surface area contributed by atoms with E-state index in [9.17, 15) is 13.2 Å². The maximum Gasteiger partial charge on any atom is 0.416 e. The van der Waals surface area contributed by atoms with E-state index < -0.39 is 17.3 Å². The van der Waals surface area contributed by atoms with Gasteiger partial charge in [0.25, 0.3) is 0 Å². The van der Waals surface area contributed by atoms with Crippen molar-refractivity contribution in [1.29, 1.82) is 0 Å². The second-order valence-corrected chi connectivity index (χ2v) is 4.76. The van der Waals surface area contributed by atoms with Gasteiger partial charge < -0.3 is 10.5 Å². The van der Waals surface area contributed by atoms with Crippen LogP contribution in [0.2, 0.25) is 0 Å². The van der Waals surface area contributed by atoms with E-state index in [1.807, 2.05) is 6.92 Å². The summed E-state index contributed by atoms with van der Waals surface area (Å²) >= 11 is 0. The van der Waals surface area contributed by atoms with Gasteiger partial charge in [-0.25, -0.2) is 0 Å². The molecule has 0 amide bonds. The van der Waals surface area contributed by atoms with Crippen LogP contribution in [0.3, 0.4) is 0 Å². The molecule has 0 aromatic heterocycles. The highest BCUT2D eigenvalue weighted by atomic mass is 19.4. The summed E-state index contributed by atoms with van der Waals surface area (Å²) in [5.41, 5.74) is 4.86. The summed E-state index contributed by atoms with van der Waals surface area (Å²) in [5, 5.41) is 0. The molecule has 2 unspecified atom stereocenters. The van der Waals surface area contributed by atoms with Crippen molar-refractivity contribution in [1.82, 2.24) is 0 Å². The molecule has 2 nitrogen and oxygen atoms in total. The van der Waals surface area contributed by atoms with E-state index in [4.69, 9.17) is 10.5 Å². The minimum atomic E-state index is -4.33. The molecular formula is C13H16F3NO. The van der Waals surface area contributed by atoms with Crippen LogP contribution in [-0.2, 0) is 16.5 Å². The third kappa shape index (κ3) is 2.24. The first-order valence-corrected chi connectivity index (χ1v) is 5.89. The smallest absolute Gasteiger partial charge is 0.370 e. The molecule has 0 radical (unpaired) electrons. The third-order valence-corrected chi connectivity index (χ3v) is 3.69. The Hall–Kier alpha value is -1.07. The van der Waals surface area contributed by atoms with Crippen LogP contribution in [0.15, 0.2) is 24.3 Å². The van der Waals surface area contributed by atoms with Gasteiger partial charge in [-0.2, -0.15) is 13.2 Å². The zero-order valence-electron chi connectivity index (χ0n) is 10.1. The van der Waals surface area contributed by atoms with Crippen molar-refractivity contribution in [2.24, 2.45) is 11.7 Å². The summed E-state index contributed by atoms with van der Waals surface area (Å²) in [5.74, 6) is 0.0565. The molecule has 1 aliphatic rings. The molecule has 0 bridgehead atoms. The second kappa shape index (κ2) is 4.55. The molecule has 1 aromatic carbocycles. The number of hydrogen-bond donors (Lipinski definition) is 1. The average Bonchev–Trinajstić information content (AvgIpc) is 2.71. The van der Waals surface area contributed by atoms with Crippen LogP contribution in [0.5, 0.6) is 0 Å². The fourth-order valence-corrected chi connectivity index (χ4v) is 2.47. The number of hydrogen-bond acceptors (Lipinski definition) is 2. The largest absolute Gasteiger partial charge is 0.416 e. The molecule has 2 atom stereocenters. The highest BCUT2D eigenvalue weighted by molar-refractivity contribution is 5.31. The molecule has 2 rings (SSSR count). The minimum Gasteiger partial charge on any atom is -0.370 e. The van der Waals surface area contributed by atoms with Crippen molar-refractivity contribution >= 4 is 0 Å². The average molecular weight is 259 g/mol. The quantitative estimate of drug-likeness (QED) is 0.886. The number of halogens is 3. The van der Waals surface area contributed by atoms with Gasteiger partial charge in [-0.1, -0.05) is 12.1 Å². The van der Waals surface area contributed by atoms with Crippen molar-refractivity contribution in [2.45, 2.75) is 25.1 Å². The zero-order valence-corrected chi connectivity index (χ0v) is 10.1. The first kappa shape index (κ1) is 13.4. The summed E-state index contributed by atoms with van der Waals surface area (Å²) in [4.78, 5) is 0. The van der Waals surface area contributed by atoms with Gasteiger partial charge in [0, 0.05) is 12.5 Å². The van der Waals surface area contributed by atoms with Gasteiger partial charge in [0.1, 0.15) is 0 Å². The van der Waals surface area contributed by atoms with Gasteiger partial charge in [-0.15, -0.1) is 0 Å². The van der Waals surface area contributed by atoms with E-state index in [-0.39, 0.29) is 5.92 Å². The summed E-state index contributed by atoms with van der Waals surface area (Å²) in [6.07, 6.45) is -3.55. The zero-order chi connectivity index (χ0) is 13.4. The highest BCUT2D eigenvalue weighted by Gasteiger charge is 2.42. The Morgan fingerprint density at radius 3 is 2.78 bits per heavy atom. The van der Waals surface area contributed by atoms with E-state index in [1.54, 1.807) is 6.07 Å². The van der Waals surface area contributed by atoms with Gasteiger partial charge in [0.15, 0.2) is 0 Å². The van der Waals surface area contributed by atoms with Crippen molar-refractivity contribution in [3.05, 3.63) is 35.4 Å². The van der Waals surface area contributed by atoms with Gasteiger partial charge in [0.05, 0.1) is 11.2 Å². The van der Waals surface area contributed by atoms with E-state index in [0.29, 0.717) is 18.7 Å². The maximum absolute atomic E-state index is 12.7. The molecule has 5 heteroatoms. The fraction of sp³-hybridized carbons (Fsp3) is 0.538. The number of nitrogens with two attached hydrogens (primary N) is 1. The Labute approximate surface area is 104 Å². The van der Waals surface area contributed by atoms with Gasteiger partial charge in [0.2, 0.25) is 0 Å². The Morgan fingerprint density at radius 1 is 1.44 bits per heavy atom. The predicted octanol–water partition coefficient (Wildman–Crippen LogP) is 2.92. The molecule has 1 aromatic rings. The number of alkyl halides is 3. The van der Waals surface area contributed by atoms with Crippen LogP contribution in [0.4, 0.5) is 13.2 Å². The fourth-order valence-electron chi connectivity index (χ4n) is 2.47. The first-order valence-electron chi connectivity index (χ1n) is 5.89. The van der Waals surface area contributed by atoms with Gasteiger partial charge in [-0.3, -0.25) is 0 Å². The van der Waals surface area contributed by atoms with Gasteiger partial charge >= 0.3 is 6.18 Å². The lowest BCUT2D eigenvalue weighted by molar-refractivity contribution is -0.137. The molecule has 1 fully saturated rings.